The van der Waals surface area contributed by atoms with Gasteiger partial charge in [0, 0.05) is 12.5 Å². The second-order valence-corrected chi connectivity index (χ2v) is 12.2. The van der Waals surface area contributed by atoms with Crippen molar-refractivity contribution in [3.8, 4) is 0 Å². The number of esters is 1. The molecule has 13 heteroatoms. The first-order chi connectivity index (χ1) is 19.1. The third-order valence-electron chi connectivity index (χ3n) is 8.34. The van der Waals surface area contributed by atoms with Gasteiger partial charge in [0.05, 0.1) is 45.4 Å². The minimum Gasteiger partial charge on any atom is -0.466 e. The maximum Gasteiger partial charge on any atom is 0.433 e. The smallest absolute Gasteiger partial charge is 0.433 e. The van der Waals surface area contributed by atoms with E-state index in [9.17, 15) is 31.9 Å². The fourth-order valence-electron chi connectivity index (χ4n) is 5.43. The van der Waals surface area contributed by atoms with E-state index in [4.69, 9.17) is 27.9 Å². The van der Waals surface area contributed by atoms with Gasteiger partial charge in [0.15, 0.2) is 11.5 Å². The monoisotopic (exact) mass is 619 g/mol. The van der Waals surface area contributed by atoms with Crippen molar-refractivity contribution >= 4 is 40.9 Å². The summed E-state index contributed by atoms with van der Waals surface area (Å²) in [5.74, 6) is -2.70. The maximum absolute atomic E-state index is 14.3. The first-order valence-electron chi connectivity index (χ1n) is 13.4. The SMILES string of the molecule is CCOC(=O)C1(C)CCC(n2ncc(C(=O)NC(CC(=O)c3c(Cl)cc(F)cc3Cl)C3(C)CC3)c2C(F)(F)F)CC1. The lowest BCUT2D eigenvalue weighted by molar-refractivity contribution is -0.157. The molecule has 4 rings (SSSR count). The molecule has 41 heavy (non-hydrogen) atoms. The van der Waals surface area contributed by atoms with Gasteiger partial charge in [0.25, 0.3) is 5.91 Å². The van der Waals surface area contributed by atoms with Crippen molar-refractivity contribution < 1.29 is 36.7 Å². The van der Waals surface area contributed by atoms with Crippen molar-refractivity contribution in [1.82, 2.24) is 15.1 Å². The number of Topliss-reactive ketones (excluding diaryl/α,β-unsaturated/α-hetero) is 1. The number of nitrogens with one attached hydrogen (secondary N) is 1. The molecular weight excluding hydrogens is 589 g/mol. The Labute approximate surface area is 244 Å². The second-order valence-electron chi connectivity index (χ2n) is 11.4. The summed E-state index contributed by atoms with van der Waals surface area (Å²) < 4.78 is 62.6. The number of ketones is 1. The Morgan fingerprint density at radius 2 is 1.71 bits per heavy atom. The molecule has 1 aromatic carbocycles. The van der Waals surface area contributed by atoms with Crippen molar-refractivity contribution in [1.29, 1.82) is 0 Å². The number of carbonyl (C=O) groups is 3. The number of carbonyl (C=O) groups excluding carboxylic acids is 3. The van der Waals surface area contributed by atoms with E-state index < -0.39 is 57.9 Å². The highest BCUT2D eigenvalue weighted by Crippen LogP contribution is 2.50. The summed E-state index contributed by atoms with van der Waals surface area (Å²) in [6, 6.07) is 0.385. The normalized spacial score (nSPS) is 22.6. The highest BCUT2D eigenvalue weighted by molar-refractivity contribution is 6.39. The molecule has 0 aliphatic heterocycles. The summed E-state index contributed by atoms with van der Waals surface area (Å²) in [6.07, 6.45) is -1.90. The van der Waals surface area contributed by atoms with Crippen LogP contribution in [0.3, 0.4) is 0 Å². The summed E-state index contributed by atoms with van der Waals surface area (Å²) in [6.45, 7) is 5.45. The van der Waals surface area contributed by atoms with E-state index in [0.717, 1.165) is 23.0 Å². The molecule has 2 aromatic rings. The number of alkyl halides is 3. The quantitative estimate of drug-likeness (QED) is 0.182. The van der Waals surface area contributed by atoms with Crippen molar-refractivity contribution in [3.05, 3.63) is 51.0 Å². The lowest BCUT2D eigenvalue weighted by atomic mass is 9.74. The molecule has 1 aromatic heterocycles. The largest absolute Gasteiger partial charge is 0.466 e. The van der Waals surface area contributed by atoms with Crippen LogP contribution in [0.25, 0.3) is 0 Å². The van der Waals surface area contributed by atoms with Crippen LogP contribution in [0.5, 0.6) is 0 Å². The van der Waals surface area contributed by atoms with Gasteiger partial charge >= 0.3 is 12.1 Å². The van der Waals surface area contributed by atoms with Crippen molar-refractivity contribution in [2.45, 2.75) is 84.0 Å². The Bertz CT molecular complexity index is 1330. The lowest BCUT2D eigenvalue weighted by Crippen LogP contribution is -2.42. The fourth-order valence-corrected chi connectivity index (χ4v) is 6.10. The second kappa shape index (κ2) is 11.6. The predicted molar refractivity (Wildman–Crippen MR) is 143 cm³/mol. The van der Waals surface area contributed by atoms with Gasteiger partial charge in [0.2, 0.25) is 0 Å². The van der Waals surface area contributed by atoms with Crippen LogP contribution in [0.1, 0.15) is 98.2 Å². The minimum atomic E-state index is -4.89. The summed E-state index contributed by atoms with van der Waals surface area (Å²) in [5, 5.41) is 6.19. The van der Waals surface area contributed by atoms with Gasteiger partial charge in [-0.3, -0.25) is 19.1 Å². The van der Waals surface area contributed by atoms with E-state index in [1.165, 1.54) is 0 Å². The fraction of sp³-hybridized carbons (Fsp3) is 0.571. The molecule has 2 aliphatic carbocycles. The molecule has 2 fully saturated rings. The van der Waals surface area contributed by atoms with E-state index >= 15 is 0 Å². The van der Waals surface area contributed by atoms with Gasteiger partial charge in [-0.15, -0.1) is 0 Å². The van der Waals surface area contributed by atoms with E-state index in [2.05, 4.69) is 10.4 Å². The molecule has 1 N–H and O–H groups in total. The number of hydrogen-bond donors (Lipinski definition) is 1. The Morgan fingerprint density at radius 1 is 1.12 bits per heavy atom. The third-order valence-corrected chi connectivity index (χ3v) is 8.94. The van der Waals surface area contributed by atoms with E-state index in [1.54, 1.807) is 13.8 Å². The zero-order valence-electron chi connectivity index (χ0n) is 22.8. The number of rotatable bonds is 9. The van der Waals surface area contributed by atoms with Gasteiger partial charge in [-0.05, 0) is 69.9 Å². The number of amides is 1. The lowest BCUT2D eigenvalue weighted by Gasteiger charge is -2.35. The van der Waals surface area contributed by atoms with Crippen molar-refractivity contribution in [2.75, 3.05) is 6.61 Å². The molecule has 7 nitrogen and oxygen atoms in total. The highest BCUT2D eigenvalue weighted by atomic mass is 35.5. The first kappa shape index (κ1) is 31.3. The van der Waals surface area contributed by atoms with Gasteiger partial charge in [-0.25, -0.2) is 4.39 Å². The average molecular weight is 620 g/mol. The standard InChI is InChI=1S/C28H31Cl2F4N3O4/c1-4-41-25(40)27(3)7-5-16(6-8-27)37-23(28(32,33)34)17(14-35-37)24(39)36-21(26(2)9-10-26)13-20(38)22-18(29)11-15(31)12-19(22)30/h11-12,14,16,21H,4-10,13H2,1-3H3,(H,36,39). The topological polar surface area (TPSA) is 90.3 Å². The summed E-state index contributed by atoms with van der Waals surface area (Å²) >= 11 is 12.1. The molecule has 1 amide bonds. The predicted octanol–water partition coefficient (Wildman–Crippen LogP) is 7.20. The van der Waals surface area contributed by atoms with Crippen LogP contribution in [0, 0.1) is 16.6 Å². The molecule has 0 spiro atoms. The summed E-state index contributed by atoms with van der Waals surface area (Å²) in [4.78, 5) is 38.8. The van der Waals surface area contributed by atoms with E-state index in [0.29, 0.717) is 25.7 Å². The number of hydrogen-bond acceptors (Lipinski definition) is 5. The van der Waals surface area contributed by atoms with Crippen molar-refractivity contribution in [3.63, 3.8) is 0 Å². The number of ether oxygens (including phenoxy) is 1. The van der Waals surface area contributed by atoms with Crippen LogP contribution >= 0.6 is 23.2 Å². The average Bonchev–Trinajstić information content (AvgIpc) is 3.45. The van der Waals surface area contributed by atoms with Gasteiger partial charge < -0.3 is 10.1 Å². The van der Waals surface area contributed by atoms with E-state index in [-0.39, 0.29) is 47.4 Å². The summed E-state index contributed by atoms with van der Waals surface area (Å²) in [5.41, 5.74) is -3.28. The van der Waals surface area contributed by atoms with Gasteiger partial charge in [0.1, 0.15) is 5.82 Å². The molecule has 1 unspecified atom stereocenters. The molecule has 2 aliphatic rings. The van der Waals surface area contributed by atoms with Crippen LogP contribution in [0.4, 0.5) is 17.6 Å². The molecular formula is C28H31Cl2F4N3O4. The number of benzene rings is 1. The number of aromatic nitrogens is 2. The number of nitrogens with zero attached hydrogens (tertiary/aromatic N) is 2. The van der Waals surface area contributed by atoms with Crippen LogP contribution in [0.2, 0.25) is 10.0 Å². The molecule has 0 radical (unpaired) electrons. The molecule has 0 bridgehead atoms. The number of halogens is 6. The van der Waals surface area contributed by atoms with Crippen LogP contribution < -0.4 is 5.32 Å². The van der Waals surface area contributed by atoms with Crippen LogP contribution in [-0.2, 0) is 15.7 Å². The maximum atomic E-state index is 14.3. The van der Waals surface area contributed by atoms with Gasteiger partial charge in [-0.1, -0.05) is 30.1 Å². The molecule has 224 valence electrons. The van der Waals surface area contributed by atoms with E-state index in [1.807, 2.05) is 6.92 Å². The summed E-state index contributed by atoms with van der Waals surface area (Å²) in [7, 11) is 0. The molecule has 0 saturated heterocycles. The highest BCUT2D eigenvalue weighted by Gasteiger charge is 2.48. The van der Waals surface area contributed by atoms with Crippen LogP contribution in [0.15, 0.2) is 18.3 Å². The zero-order valence-corrected chi connectivity index (χ0v) is 24.4. The minimum absolute atomic E-state index is 0.117. The van der Waals surface area contributed by atoms with Crippen LogP contribution in [-0.4, -0.2) is 40.1 Å². The zero-order chi connectivity index (χ0) is 30.3. The Balaban J connectivity index is 1.56. The molecule has 2 saturated carbocycles. The molecule has 1 heterocycles. The van der Waals surface area contributed by atoms with Gasteiger partial charge in [-0.2, -0.15) is 18.3 Å². The first-order valence-corrected chi connectivity index (χ1v) is 14.2. The van der Waals surface area contributed by atoms with Crippen molar-refractivity contribution in [2.24, 2.45) is 10.8 Å². The third kappa shape index (κ3) is 6.56. The Morgan fingerprint density at radius 3 is 2.22 bits per heavy atom. The molecule has 1 atom stereocenters. The Hall–Kier alpha value is -2.66. The Kier molecular flexibility index (Phi) is 8.81.